The first-order chi connectivity index (χ1) is 13.7. The lowest BCUT2D eigenvalue weighted by molar-refractivity contribution is 0.103. The highest BCUT2D eigenvalue weighted by Gasteiger charge is 2.15. The van der Waals surface area contributed by atoms with Gasteiger partial charge >= 0.3 is 0 Å². The molecule has 0 N–H and O–H groups in total. The van der Waals surface area contributed by atoms with Gasteiger partial charge < -0.3 is 4.90 Å². The number of nitrogens with zero attached hydrogens (tertiary/aromatic N) is 1. The fraction of sp³-hybridized carbons (Fsp3) is 0. The smallest absolute Gasteiger partial charge is 0.195 e. The second kappa shape index (κ2) is 7.89. The molecule has 136 valence electrons. The van der Waals surface area contributed by atoms with E-state index in [1.54, 1.807) is 24.3 Å². The molecule has 0 aromatic heterocycles. The Kier molecular flexibility index (Phi) is 4.98. The van der Waals surface area contributed by atoms with Gasteiger partial charge in [0.1, 0.15) is 5.82 Å². The van der Waals surface area contributed by atoms with Crippen LogP contribution < -0.4 is 4.90 Å². The van der Waals surface area contributed by atoms with Gasteiger partial charge in [-0.15, -0.1) is 0 Å². The molecule has 2 nitrogen and oxygen atoms in total. The molecule has 0 aliphatic heterocycles. The molecule has 4 aromatic carbocycles. The van der Waals surface area contributed by atoms with Gasteiger partial charge in [0.2, 0.25) is 0 Å². The van der Waals surface area contributed by atoms with Gasteiger partial charge in [-0.1, -0.05) is 48.5 Å². The molecule has 3 heteroatoms. The molecule has 0 atom stereocenters. The fourth-order valence-electron chi connectivity index (χ4n) is 3.16. The maximum atomic E-state index is 13.9. The summed E-state index contributed by atoms with van der Waals surface area (Å²) in [4.78, 5) is 14.7. The second-order valence-corrected chi connectivity index (χ2v) is 6.36. The maximum absolute atomic E-state index is 13.9. The van der Waals surface area contributed by atoms with Gasteiger partial charge in [0.05, 0.1) is 5.56 Å². The lowest BCUT2D eigenvalue weighted by atomic mass is 10.0. The summed E-state index contributed by atoms with van der Waals surface area (Å²) in [5, 5.41) is 0. The van der Waals surface area contributed by atoms with E-state index in [0.29, 0.717) is 5.56 Å². The Bertz CT molecular complexity index is 1040. The highest BCUT2D eigenvalue weighted by atomic mass is 19.1. The molecule has 0 fully saturated rings. The third-order valence-electron chi connectivity index (χ3n) is 4.53. The molecule has 0 unspecified atom stereocenters. The molecule has 4 aromatic rings. The first kappa shape index (κ1) is 17.7. The molecular weight excluding hydrogens is 349 g/mol. The number of hydrogen-bond donors (Lipinski definition) is 0. The molecule has 0 aliphatic rings. The van der Waals surface area contributed by atoms with Crippen molar-refractivity contribution in [1.82, 2.24) is 0 Å². The summed E-state index contributed by atoms with van der Waals surface area (Å²) in [7, 11) is 0. The summed E-state index contributed by atoms with van der Waals surface area (Å²) in [6.45, 7) is 0. The second-order valence-electron chi connectivity index (χ2n) is 6.36. The van der Waals surface area contributed by atoms with Gasteiger partial charge in [-0.25, -0.2) is 4.39 Å². The van der Waals surface area contributed by atoms with Crippen LogP contribution in [0, 0.1) is 5.82 Å². The Hall–Kier alpha value is -3.72. The highest BCUT2D eigenvalue weighted by molar-refractivity contribution is 6.09. The van der Waals surface area contributed by atoms with Crippen molar-refractivity contribution in [2.75, 3.05) is 4.90 Å². The number of anilines is 3. The summed E-state index contributed by atoms with van der Waals surface area (Å²) in [5.74, 6) is -0.831. The van der Waals surface area contributed by atoms with Crippen LogP contribution in [0.15, 0.2) is 109 Å². The van der Waals surface area contributed by atoms with Crippen LogP contribution in [0.5, 0.6) is 0 Å². The topological polar surface area (TPSA) is 20.3 Å². The highest BCUT2D eigenvalue weighted by Crippen LogP contribution is 2.34. The molecule has 0 bridgehead atoms. The standard InChI is InChI=1S/C25H18FNO/c26-24-14-8-7-13-23(24)25(28)19-15-17-22(18-16-19)27(20-9-3-1-4-10-20)21-11-5-2-6-12-21/h1-18H. The normalized spacial score (nSPS) is 10.5. The molecule has 4 rings (SSSR count). The first-order valence-corrected chi connectivity index (χ1v) is 9.03. The van der Waals surface area contributed by atoms with Gasteiger partial charge in [0.25, 0.3) is 0 Å². The predicted molar refractivity (Wildman–Crippen MR) is 111 cm³/mol. The largest absolute Gasteiger partial charge is 0.311 e. The number of halogens is 1. The minimum Gasteiger partial charge on any atom is -0.311 e. The Labute approximate surface area is 163 Å². The van der Waals surface area contributed by atoms with E-state index in [2.05, 4.69) is 4.90 Å². The molecule has 0 heterocycles. The zero-order chi connectivity index (χ0) is 19.3. The zero-order valence-corrected chi connectivity index (χ0v) is 15.1. The van der Waals surface area contributed by atoms with E-state index in [-0.39, 0.29) is 11.3 Å². The Morgan fingerprint density at radius 1 is 0.571 bits per heavy atom. The molecule has 0 radical (unpaired) electrons. The summed E-state index contributed by atoms with van der Waals surface area (Å²) in [6.07, 6.45) is 0. The summed E-state index contributed by atoms with van der Waals surface area (Å²) < 4.78 is 13.9. The van der Waals surface area contributed by atoms with Crippen LogP contribution in [0.25, 0.3) is 0 Å². The number of ketones is 1. The van der Waals surface area contributed by atoms with E-state index in [4.69, 9.17) is 0 Å². The van der Waals surface area contributed by atoms with Crippen molar-refractivity contribution < 1.29 is 9.18 Å². The van der Waals surface area contributed by atoms with Crippen LogP contribution in [0.2, 0.25) is 0 Å². The van der Waals surface area contributed by atoms with Crippen LogP contribution in [0.4, 0.5) is 21.5 Å². The molecule has 0 saturated heterocycles. The third-order valence-corrected chi connectivity index (χ3v) is 4.53. The van der Waals surface area contributed by atoms with Crippen LogP contribution in [-0.2, 0) is 0 Å². The van der Waals surface area contributed by atoms with E-state index >= 15 is 0 Å². The van der Waals surface area contributed by atoms with Crippen molar-refractivity contribution in [3.63, 3.8) is 0 Å². The van der Waals surface area contributed by atoms with Crippen LogP contribution in [0.1, 0.15) is 15.9 Å². The Balaban J connectivity index is 1.71. The summed E-state index contributed by atoms with van der Waals surface area (Å²) in [5.41, 5.74) is 3.49. The first-order valence-electron chi connectivity index (χ1n) is 9.03. The monoisotopic (exact) mass is 367 g/mol. The van der Waals surface area contributed by atoms with Gasteiger partial charge in [-0.3, -0.25) is 4.79 Å². The quantitative estimate of drug-likeness (QED) is 0.374. The van der Waals surface area contributed by atoms with Crippen LogP contribution in [0.3, 0.4) is 0 Å². The average Bonchev–Trinajstić information content (AvgIpc) is 2.76. The molecule has 0 aliphatic carbocycles. The minimum atomic E-state index is -0.508. The third kappa shape index (κ3) is 3.55. The predicted octanol–water partition coefficient (Wildman–Crippen LogP) is 6.53. The minimum absolute atomic E-state index is 0.0817. The number of benzene rings is 4. The number of hydrogen-bond acceptors (Lipinski definition) is 2. The maximum Gasteiger partial charge on any atom is 0.195 e. The van der Waals surface area contributed by atoms with Crippen molar-refractivity contribution >= 4 is 22.8 Å². The van der Waals surface area contributed by atoms with E-state index < -0.39 is 5.82 Å². The van der Waals surface area contributed by atoms with Gasteiger partial charge in [0, 0.05) is 22.6 Å². The van der Waals surface area contributed by atoms with Crippen molar-refractivity contribution in [1.29, 1.82) is 0 Å². The lowest BCUT2D eigenvalue weighted by Crippen LogP contribution is -2.10. The average molecular weight is 367 g/mol. The summed E-state index contributed by atoms with van der Waals surface area (Å²) >= 11 is 0. The van der Waals surface area contributed by atoms with E-state index in [1.807, 2.05) is 72.8 Å². The van der Waals surface area contributed by atoms with E-state index in [9.17, 15) is 9.18 Å². The number of carbonyl (C=O) groups is 1. The summed E-state index contributed by atoms with van der Waals surface area (Å²) in [6, 6.07) is 33.3. The molecule has 0 spiro atoms. The van der Waals surface area contributed by atoms with Gasteiger partial charge in [0.15, 0.2) is 5.78 Å². The van der Waals surface area contributed by atoms with Crippen molar-refractivity contribution in [3.8, 4) is 0 Å². The van der Waals surface area contributed by atoms with E-state index in [0.717, 1.165) is 17.1 Å². The van der Waals surface area contributed by atoms with Crippen molar-refractivity contribution in [2.24, 2.45) is 0 Å². The van der Waals surface area contributed by atoms with Gasteiger partial charge in [-0.05, 0) is 60.7 Å². The lowest BCUT2D eigenvalue weighted by Gasteiger charge is -2.25. The zero-order valence-electron chi connectivity index (χ0n) is 15.1. The Morgan fingerprint density at radius 2 is 1.04 bits per heavy atom. The van der Waals surface area contributed by atoms with Crippen molar-refractivity contribution in [2.45, 2.75) is 0 Å². The number of para-hydroxylation sites is 2. The SMILES string of the molecule is O=C(c1ccc(N(c2ccccc2)c2ccccc2)cc1)c1ccccc1F. The van der Waals surface area contributed by atoms with Crippen LogP contribution >= 0.6 is 0 Å². The van der Waals surface area contributed by atoms with Crippen molar-refractivity contribution in [3.05, 3.63) is 126 Å². The van der Waals surface area contributed by atoms with Crippen LogP contribution in [-0.4, -0.2) is 5.78 Å². The van der Waals surface area contributed by atoms with E-state index in [1.165, 1.54) is 12.1 Å². The fourth-order valence-corrected chi connectivity index (χ4v) is 3.16. The molecule has 28 heavy (non-hydrogen) atoms. The molecular formula is C25H18FNO. The number of rotatable bonds is 5. The Morgan fingerprint density at radius 3 is 1.57 bits per heavy atom. The molecule has 0 amide bonds. The van der Waals surface area contributed by atoms with Gasteiger partial charge in [-0.2, -0.15) is 0 Å². The number of carbonyl (C=O) groups excluding carboxylic acids is 1. The molecule has 0 saturated carbocycles.